The van der Waals surface area contributed by atoms with Crippen LogP contribution in [0.25, 0.3) is 11.0 Å². The fourth-order valence-corrected chi connectivity index (χ4v) is 3.20. The molecule has 0 atom stereocenters. The third-order valence-electron chi connectivity index (χ3n) is 4.33. The smallest absolute Gasteiger partial charge is 0.326 e. The highest BCUT2D eigenvalue weighted by molar-refractivity contribution is 5.97. The molecule has 1 aliphatic carbocycles. The molecule has 1 aromatic carbocycles. The van der Waals surface area contributed by atoms with E-state index in [1.807, 2.05) is 17.7 Å². The highest BCUT2D eigenvalue weighted by Gasteiger charge is 2.21. The van der Waals surface area contributed by atoms with Crippen LogP contribution < -0.4 is 16.3 Å². The number of nitrogens with zero attached hydrogens (tertiary/aromatic N) is 1. The van der Waals surface area contributed by atoms with Gasteiger partial charge in [0.05, 0.1) is 11.0 Å². The van der Waals surface area contributed by atoms with Crippen molar-refractivity contribution in [1.82, 2.24) is 20.2 Å². The number of amides is 1. The lowest BCUT2D eigenvalue weighted by atomic mass is 10.1. The molecule has 7 heteroatoms. The summed E-state index contributed by atoms with van der Waals surface area (Å²) in [6.07, 6.45) is 4.46. The summed E-state index contributed by atoms with van der Waals surface area (Å²) < 4.78 is 1.85. The van der Waals surface area contributed by atoms with Crippen LogP contribution in [-0.2, 0) is 0 Å². The number of nitrogens with one attached hydrogen (secondary N) is 3. The molecule has 0 saturated heterocycles. The summed E-state index contributed by atoms with van der Waals surface area (Å²) >= 11 is 0. The first-order valence-electron chi connectivity index (χ1n) is 7.88. The van der Waals surface area contributed by atoms with Crippen molar-refractivity contribution in [3.63, 3.8) is 0 Å². The second kappa shape index (κ2) is 7.66. The molecule has 0 spiro atoms. The summed E-state index contributed by atoms with van der Waals surface area (Å²) in [5.74, 6) is -0.119. The SMILES string of the molecule is CNCCNC(=O)c1ccc2c(c1)[nH]c(=O)n2C1CCCC1.Cl. The molecule has 1 fully saturated rings. The minimum absolute atomic E-state index is 0. The Labute approximate surface area is 141 Å². The van der Waals surface area contributed by atoms with Crippen molar-refractivity contribution in [2.75, 3.05) is 20.1 Å². The minimum Gasteiger partial charge on any atom is -0.351 e. The van der Waals surface area contributed by atoms with E-state index in [4.69, 9.17) is 0 Å². The molecule has 2 aromatic rings. The van der Waals surface area contributed by atoms with Crippen molar-refractivity contribution in [2.24, 2.45) is 0 Å². The predicted octanol–water partition coefficient (Wildman–Crippen LogP) is 1.82. The molecule has 1 aliphatic rings. The Morgan fingerprint density at radius 3 is 2.74 bits per heavy atom. The van der Waals surface area contributed by atoms with Gasteiger partial charge in [0.2, 0.25) is 0 Å². The van der Waals surface area contributed by atoms with Crippen LogP contribution in [0.2, 0.25) is 0 Å². The first kappa shape index (κ1) is 17.6. The normalized spacial score (nSPS) is 14.8. The molecular weight excluding hydrogens is 316 g/mol. The topological polar surface area (TPSA) is 78.9 Å². The fourth-order valence-electron chi connectivity index (χ4n) is 3.20. The number of halogens is 1. The van der Waals surface area contributed by atoms with Gasteiger partial charge >= 0.3 is 5.69 Å². The number of fused-ring (bicyclic) bond motifs is 1. The average Bonchev–Trinajstić information content (AvgIpc) is 3.12. The summed E-state index contributed by atoms with van der Waals surface area (Å²) in [6.45, 7) is 1.30. The molecule has 1 saturated carbocycles. The monoisotopic (exact) mass is 338 g/mol. The largest absolute Gasteiger partial charge is 0.351 e. The number of carbonyl (C=O) groups excluding carboxylic acids is 1. The zero-order valence-corrected chi connectivity index (χ0v) is 14.0. The van der Waals surface area contributed by atoms with Crippen LogP contribution in [0, 0.1) is 0 Å². The van der Waals surface area contributed by atoms with Gasteiger partial charge < -0.3 is 15.6 Å². The molecule has 1 aromatic heterocycles. The molecule has 0 radical (unpaired) electrons. The van der Waals surface area contributed by atoms with Gasteiger partial charge in [-0.25, -0.2) is 4.79 Å². The van der Waals surface area contributed by atoms with E-state index < -0.39 is 0 Å². The highest BCUT2D eigenvalue weighted by Crippen LogP contribution is 2.30. The van der Waals surface area contributed by atoms with Crippen LogP contribution in [0.3, 0.4) is 0 Å². The molecule has 1 heterocycles. The van der Waals surface area contributed by atoms with E-state index in [2.05, 4.69) is 15.6 Å². The standard InChI is InChI=1S/C16H22N4O2.ClH/c1-17-8-9-18-15(21)11-6-7-14-13(10-11)19-16(22)20(14)12-4-2-3-5-12;/h6-7,10,12,17H,2-5,8-9H2,1H3,(H,18,21)(H,19,22);1H. The molecule has 6 nitrogen and oxygen atoms in total. The second-order valence-corrected chi connectivity index (χ2v) is 5.83. The van der Waals surface area contributed by atoms with Crippen LogP contribution in [0.4, 0.5) is 0 Å². The number of likely N-dealkylation sites (N-methyl/N-ethyl adjacent to an activating group) is 1. The van der Waals surface area contributed by atoms with Crippen molar-refractivity contribution in [1.29, 1.82) is 0 Å². The predicted molar refractivity (Wildman–Crippen MR) is 93.6 cm³/mol. The fraction of sp³-hybridized carbons (Fsp3) is 0.500. The summed E-state index contributed by atoms with van der Waals surface area (Å²) in [4.78, 5) is 27.2. The Balaban J connectivity index is 0.00000192. The lowest BCUT2D eigenvalue weighted by molar-refractivity contribution is 0.0954. The number of imidazole rings is 1. The number of aromatic amines is 1. The molecule has 0 unspecified atom stereocenters. The van der Waals surface area contributed by atoms with Gasteiger partial charge in [-0.2, -0.15) is 0 Å². The summed E-state index contributed by atoms with van der Waals surface area (Å²) in [5.41, 5.74) is 2.12. The van der Waals surface area contributed by atoms with Gasteiger partial charge in [0.25, 0.3) is 5.91 Å². The number of hydrogen-bond acceptors (Lipinski definition) is 3. The van der Waals surface area contributed by atoms with Gasteiger partial charge in [0.1, 0.15) is 0 Å². The first-order valence-corrected chi connectivity index (χ1v) is 7.88. The third kappa shape index (κ3) is 3.59. The molecule has 3 rings (SSSR count). The summed E-state index contributed by atoms with van der Waals surface area (Å²) in [6, 6.07) is 5.71. The maximum atomic E-state index is 12.2. The van der Waals surface area contributed by atoms with E-state index >= 15 is 0 Å². The summed E-state index contributed by atoms with van der Waals surface area (Å²) in [7, 11) is 1.84. The van der Waals surface area contributed by atoms with Crippen LogP contribution in [0.5, 0.6) is 0 Å². The van der Waals surface area contributed by atoms with Gasteiger partial charge in [-0.15, -0.1) is 12.4 Å². The molecule has 0 aliphatic heterocycles. The van der Waals surface area contributed by atoms with Crippen molar-refractivity contribution in [3.8, 4) is 0 Å². The molecule has 3 N–H and O–H groups in total. The zero-order valence-electron chi connectivity index (χ0n) is 13.2. The lowest BCUT2D eigenvalue weighted by Gasteiger charge is -2.11. The number of carbonyl (C=O) groups is 1. The average molecular weight is 339 g/mol. The van der Waals surface area contributed by atoms with E-state index in [9.17, 15) is 9.59 Å². The second-order valence-electron chi connectivity index (χ2n) is 5.83. The Morgan fingerprint density at radius 2 is 2.04 bits per heavy atom. The Kier molecular flexibility index (Phi) is 5.85. The molecule has 126 valence electrons. The van der Waals surface area contributed by atoms with Crippen LogP contribution in [-0.4, -0.2) is 35.6 Å². The number of H-pyrrole nitrogens is 1. The van der Waals surface area contributed by atoms with Crippen LogP contribution >= 0.6 is 12.4 Å². The molecule has 0 bridgehead atoms. The molecular formula is C16H23ClN4O2. The van der Waals surface area contributed by atoms with E-state index in [0.717, 1.165) is 30.4 Å². The minimum atomic E-state index is -0.119. The Bertz CT molecular complexity index is 731. The maximum Gasteiger partial charge on any atom is 0.326 e. The number of benzene rings is 1. The van der Waals surface area contributed by atoms with Gasteiger partial charge in [0.15, 0.2) is 0 Å². The summed E-state index contributed by atoms with van der Waals surface area (Å²) in [5, 5.41) is 5.82. The van der Waals surface area contributed by atoms with Gasteiger partial charge in [-0.3, -0.25) is 9.36 Å². The first-order chi connectivity index (χ1) is 10.7. The van der Waals surface area contributed by atoms with E-state index in [0.29, 0.717) is 12.1 Å². The third-order valence-corrected chi connectivity index (χ3v) is 4.33. The van der Waals surface area contributed by atoms with Crippen molar-refractivity contribution in [3.05, 3.63) is 34.2 Å². The van der Waals surface area contributed by atoms with Crippen molar-refractivity contribution < 1.29 is 4.79 Å². The molecule has 1 amide bonds. The highest BCUT2D eigenvalue weighted by atomic mass is 35.5. The van der Waals surface area contributed by atoms with Crippen LogP contribution in [0.1, 0.15) is 42.1 Å². The zero-order chi connectivity index (χ0) is 15.5. The quantitative estimate of drug-likeness (QED) is 0.727. The Morgan fingerprint density at radius 1 is 1.30 bits per heavy atom. The lowest BCUT2D eigenvalue weighted by Crippen LogP contribution is -2.30. The number of aromatic nitrogens is 2. The number of hydrogen-bond donors (Lipinski definition) is 3. The van der Waals surface area contributed by atoms with Gasteiger partial charge in [-0.1, -0.05) is 12.8 Å². The van der Waals surface area contributed by atoms with E-state index in [-0.39, 0.29) is 30.0 Å². The van der Waals surface area contributed by atoms with Crippen molar-refractivity contribution >= 4 is 29.3 Å². The van der Waals surface area contributed by atoms with Crippen molar-refractivity contribution in [2.45, 2.75) is 31.7 Å². The Hall–Kier alpha value is -1.79. The maximum absolute atomic E-state index is 12.2. The van der Waals surface area contributed by atoms with E-state index in [1.54, 1.807) is 12.1 Å². The van der Waals surface area contributed by atoms with Crippen LogP contribution in [0.15, 0.2) is 23.0 Å². The number of rotatable bonds is 5. The van der Waals surface area contributed by atoms with Gasteiger partial charge in [-0.05, 0) is 38.1 Å². The van der Waals surface area contributed by atoms with E-state index in [1.165, 1.54) is 12.8 Å². The van der Waals surface area contributed by atoms with Gasteiger partial charge in [0, 0.05) is 24.7 Å². The molecule has 23 heavy (non-hydrogen) atoms.